The minimum absolute atomic E-state index is 0.0978. The van der Waals surface area contributed by atoms with Crippen molar-refractivity contribution in [3.63, 3.8) is 0 Å². The Kier molecular flexibility index (Phi) is 2.03. The third-order valence-electron chi connectivity index (χ3n) is 1.62. The van der Waals surface area contributed by atoms with Crippen LogP contribution in [0.25, 0.3) is 0 Å². The Hall–Kier alpha value is -0.450. The van der Waals surface area contributed by atoms with Crippen LogP contribution in [0.15, 0.2) is 0 Å². The lowest BCUT2D eigenvalue weighted by Crippen LogP contribution is -2.49. The molecule has 1 rings (SSSR count). The van der Waals surface area contributed by atoms with Gasteiger partial charge in [-0.05, 0) is 6.92 Å². The molecule has 58 valence electrons. The zero-order chi connectivity index (χ0) is 7.72. The van der Waals surface area contributed by atoms with Gasteiger partial charge in [0, 0.05) is 0 Å². The Balaban J connectivity index is 2.60. The van der Waals surface area contributed by atoms with Gasteiger partial charge in [0.25, 0.3) is 0 Å². The first kappa shape index (κ1) is 7.65. The van der Waals surface area contributed by atoms with Gasteiger partial charge in [-0.15, -0.1) is 0 Å². The molecule has 3 atom stereocenters. The molecule has 4 nitrogen and oxygen atoms in total. The highest BCUT2D eigenvalue weighted by molar-refractivity contribution is 5.85. The highest BCUT2D eigenvalue weighted by atomic mass is 16.5. The van der Waals surface area contributed by atoms with Gasteiger partial charge in [-0.25, -0.2) is 0 Å². The summed E-state index contributed by atoms with van der Waals surface area (Å²) in [5.41, 5.74) is 0. The Morgan fingerprint density at radius 1 is 1.60 bits per heavy atom. The van der Waals surface area contributed by atoms with E-state index in [4.69, 9.17) is 14.9 Å². The number of ether oxygens (including phenoxy) is 1. The molecule has 0 spiro atoms. The van der Waals surface area contributed by atoms with Crippen LogP contribution in [0.1, 0.15) is 6.92 Å². The molecule has 0 aromatic heterocycles. The molecule has 0 amide bonds. The van der Waals surface area contributed by atoms with Crippen LogP contribution in [-0.2, 0) is 9.53 Å². The van der Waals surface area contributed by atoms with E-state index in [0.717, 1.165) is 0 Å². The molecule has 0 aromatic rings. The molecule has 2 N–H and O–H groups in total. The van der Waals surface area contributed by atoms with Crippen LogP contribution in [0.4, 0.5) is 0 Å². The number of hydrogen-bond donors (Lipinski definition) is 2. The molecule has 0 saturated carbocycles. The number of carbonyl (C=O) groups excluding carboxylic acids is 1. The summed E-state index contributed by atoms with van der Waals surface area (Å²) in [6.45, 7) is 1.51. The van der Waals surface area contributed by atoms with Gasteiger partial charge in [0.2, 0.25) is 0 Å². The number of aliphatic hydroxyl groups excluding tert-OH is 2. The third-order valence-corrected chi connectivity index (χ3v) is 1.62. The smallest absolute Gasteiger partial charge is 0.189 e. The molecule has 10 heavy (non-hydrogen) atoms. The quantitative estimate of drug-likeness (QED) is 0.445. The minimum atomic E-state index is -1.26. The first-order valence-corrected chi connectivity index (χ1v) is 3.13. The zero-order valence-corrected chi connectivity index (χ0v) is 5.65. The summed E-state index contributed by atoms with van der Waals surface area (Å²) >= 11 is 0. The van der Waals surface area contributed by atoms with E-state index in [1.54, 1.807) is 6.92 Å². The van der Waals surface area contributed by atoms with Crippen LogP contribution in [0.5, 0.6) is 0 Å². The van der Waals surface area contributed by atoms with Crippen molar-refractivity contribution < 1.29 is 19.7 Å². The Labute approximate surface area is 58.4 Å². The highest BCUT2D eigenvalue weighted by Crippen LogP contribution is 2.10. The molecule has 1 aliphatic rings. The number of Topliss-reactive ketones (excluding diaryl/α,β-unsaturated/α-hetero) is 1. The fourth-order valence-electron chi connectivity index (χ4n) is 0.845. The van der Waals surface area contributed by atoms with E-state index in [2.05, 4.69) is 0 Å². The predicted molar refractivity (Wildman–Crippen MR) is 32.4 cm³/mol. The Morgan fingerprint density at radius 3 is 2.70 bits per heavy atom. The summed E-state index contributed by atoms with van der Waals surface area (Å²) in [5.74, 6) is -0.453. The molecule has 0 bridgehead atoms. The number of aliphatic hydroxyl groups is 2. The van der Waals surface area contributed by atoms with Gasteiger partial charge in [0.05, 0.1) is 6.10 Å². The summed E-state index contributed by atoms with van der Waals surface area (Å²) in [6, 6.07) is 0. The maximum Gasteiger partial charge on any atom is 0.189 e. The summed E-state index contributed by atoms with van der Waals surface area (Å²) < 4.78 is 4.81. The second-order valence-corrected chi connectivity index (χ2v) is 2.42. The topological polar surface area (TPSA) is 66.8 Å². The van der Waals surface area contributed by atoms with Gasteiger partial charge in [-0.2, -0.15) is 0 Å². The zero-order valence-electron chi connectivity index (χ0n) is 5.65. The molecule has 0 aliphatic carbocycles. The lowest BCUT2D eigenvalue weighted by molar-refractivity contribution is -0.163. The second-order valence-electron chi connectivity index (χ2n) is 2.42. The average Bonchev–Trinajstić information content (AvgIpc) is 1.93. The number of ketones is 1. The maximum atomic E-state index is 10.6. The van der Waals surface area contributed by atoms with Crippen molar-refractivity contribution >= 4 is 5.78 Å². The Bertz CT molecular complexity index is 145. The second kappa shape index (κ2) is 2.65. The molecule has 4 heteroatoms. The van der Waals surface area contributed by atoms with Crippen LogP contribution >= 0.6 is 0 Å². The maximum absolute atomic E-state index is 10.6. The van der Waals surface area contributed by atoms with Gasteiger partial charge in [0.15, 0.2) is 5.78 Å². The average molecular weight is 146 g/mol. The molecular formula is C6H10O4. The fourth-order valence-corrected chi connectivity index (χ4v) is 0.845. The molecule has 1 fully saturated rings. The van der Waals surface area contributed by atoms with Gasteiger partial charge in [0.1, 0.15) is 18.8 Å². The van der Waals surface area contributed by atoms with E-state index in [9.17, 15) is 4.79 Å². The molecule has 1 saturated heterocycles. The predicted octanol–water partition coefficient (Wildman–Crippen LogP) is -1.30. The van der Waals surface area contributed by atoms with Crippen LogP contribution in [-0.4, -0.2) is 40.9 Å². The molecule has 0 aromatic carbocycles. The molecule has 3 unspecified atom stereocenters. The van der Waals surface area contributed by atoms with Gasteiger partial charge >= 0.3 is 0 Å². The minimum Gasteiger partial charge on any atom is -0.387 e. The molecule has 1 heterocycles. The van der Waals surface area contributed by atoms with E-state index in [0.29, 0.717) is 0 Å². The number of carbonyl (C=O) groups is 1. The summed E-state index contributed by atoms with van der Waals surface area (Å²) in [7, 11) is 0. The van der Waals surface area contributed by atoms with Crippen LogP contribution < -0.4 is 0 Å². The Morgan fingerprint density at radius 2 is 2.20 bits per heavy atom. The van der Waals surface area contributed by atoms with E-state index in [-0.39, 0.29) is 6.61 Å². The molecular weight excluding hydrogens is 136 g/mol. The lowest BCUT2D eigenvalue weighted by Gasteiger charge is -2.28. The van der Waals surface area contributed by atoms with Crippen molar-refractivity contribution in [2.24, 2.45) is 0 Å². The van der Waals surface area contributed by atoms with Crippen molar-refractivity contribution in [3.8, 4) is 0 Å². The van der Waals surface area contributed by atoms with Gasteiger partial charge in [-0.3, -0.25) is 4.79 Å². The molecule has 0 radical (unpaired) electrons. The normalized spacial score (nSPS) is 41.9. The van der Waals surface area contributed by atoms with Crippen molar-refractivity contribution in [2.45, 2.75) is 25.2 Å². The summed E-state index contributed by atoms with van der Waals surface area (Å²) in [6.07, 6.45) is -2.78. The third kappa shape index (κ3) is 1.18. The van der Waals surface area contributed by atoms with E-state index in [1.165, 1.54) is 0 Å². The summed E-state index contributed by atoms with van der Waals surface area (Å²) in [4.78, 5) is 10.6. The van der Waals surface area contributed by atoms with Crippen molar-refractivity contribution in [1.29, 1.82) is 0 Å². The number of rotatable bonds is 0. The monoisotopic (exact) mass is 146 g/mol. The van der Waals surface area contributed by atoms with Gasteiger partial charge < -0.3 is 14.9 Å². The van der Waals surface area contributed by atoms with E-state index < -0.39 is 24.1 Å². The van der Waals surface area contributed by atoms with Crippen molar-refractivity contribution in [1.82, 2.24) is 0 Å². The van der Waals surface area contributed by atoms with Crippen LogP contribution in [0.2, 0.25) is 0 Å². The fraction of sp³-hybridized carbons (Fsp3) is 0.833. The lowest BCUT2D eigenvalue weighted by atomic mass is 10.0. The largest absolute Gasteiger partial charge is 0.387 e. The van der Waals surface area contributed by atoms with E-state index >= 15 is 0 Å². The first-order valence-electron chi connectivity index (χ1n) is 3.13. The highest BCUT2D eigenvalue weighted by Gasteiger charge is 2.34. The number of hydrogen-bond acceptors (Lipinski definition) is 4. The van der Waals surface area contributed by atoms with E-state index in [1.807, 2.05) is 0 Å². The van der Waals surface area contributed by atoms with Crippen LogP contribution in [0.3, 0.4) is 0 Å². The first-order chi connectivity index (χ1) is 4.63. The van der Waals surface area contributed by atoms with Gasteiger partial charge in [-0.1, -0.05) is 0 Å². The van der Waals surface area contributed by atoms with Crippen molar-refractivity contribution in [3.05, 3.63) is 0 Å². The summed E-state index contributed by atoms with van der Waals surface area (Å²) in [5, 5.41) is 18.0. The molecule has 1 aliphatic heterocycles. The van der Waals surface area contributed by atoms with Crippen LogP contribution in [0, 0.1) is 0 Å². The van der Waals surface area contributed by atoms with Crippen molar-refractivity contribution in [2.75, 3.05) is 6.61 Å². The standard InChI is InChI=1S/C6H10O4/c1-3-5(8)6(9)4(7)2-10-3/h3,5-6,8-9H,2H2,1H3. The SMILES string of the molecule is CC1OCC(=O)C(O)C1O.